The standard InChI is InChI=1S/C25H33N5O5.C20H21N3O5.C6H16N2.H2/c1-5-29(6-2)14-13-26-25(31)19-7-10-21(11-8-19)30-16-22(27-28-30)20-9-12-23(34-17-32-3)24(15-20)35-18-33-4;1-14(24)15-4-7-17(8-5-15)23-11-18(21-22-23)16-6-9-19(27-12-25-2)20(10-16)28-13-26-3;1-3-8(4-2)6-5-7;/h7-12,15-16H,5-6,13-14,17-18H2,1-4H3,(H,26,31);4-11H,12-13H2,1-3H3;3-7H2,1-2H3;1H. The van der Waals surface area contributed by atoms with E-state index in [1.165, 1.54) is 6.92 Å². The summed E-state index contributed by atoms with van der Waals surface area (Å²) in [5, 5.41) is 19.9. The Bertz CT molecular complexity index is 2470. The first-order valence-electron chi connectivity index (χ1n) is 23.3. The third-order valence-electron chi connectivity index (χ3n) is 10.7. The number of hydrogen-bond donors (Lipinski definition) is 2. The molecule has 3 N–H and O–H groups in total. The number of methoxy groups -OCH3 is 4. The minimum absolute atomic E-state index is 0. The Kier molecular flexibility index (Phi) is 25.2. The number of aromatic nitrogens is 6. The molecule has 71 heavy (non-hydrogen) atoms. The van der Waals surface area contributed by atoms with Crippen LogP contribution in [0.15, 0.2) is 97.3 Å². The van der Waals surface area contributed by atoms with Crippen LogP contribution < -0.4 is 30.0 Å². The largest absolute Gasteiger partial charge is 0.464 e. The topological polar surface area (TPSA) is 214 Å². The summed E-state index contributed by atoms with van der Waals surface area (Å²) in [6.45, 7) is 17.9. The molecule has 6 aromatic rings. The summed E-state index contributed by atoms with van der Waals surface area (Å²) in [7, 11) is 6.19. The molecule has 4 aromatic carbocycles. The van der Waals surface area contributed by atoms with Crippen LogP contribution in [0.4, 0.5) is 0 Å². The predicted octanol–water partition coefficient (Wildman–Crippen LogP) is 6.61. The van der Waals surface area contributed by atoms with E-state index in [1.54, 1.807) is 86.5 Å². The predicted molar refractivity (Wildman–Crippen MR) is 273 cm³/mol. The van der Waals surface area contributed by atoms with Gasteiger partial charge < -0.3 is 58.7 Å². The van der Waals surface area contributed by atoms with E-state index in [4.69, 9.17) is 43.6 Å². The number of carbonyl (C=O) groups excluding carboxylic acids is 2. The van der Waals surface area contributed by atoms with Crippen molar-refractivity contribution < 1.29 is 48.9 Å². The summed E-state index contributed by atoms with van der Waals surface area (Å²) in [6, 6.07) is 25.3. The van der Waals surface area contributed by atoms with Gasteiger partial charge in [0.05, 0.1) is 23.8 Å². The van der Waals surface area contributed by atoms with Gasteiger partial charge in [-0.2, -0.15) is 0 Å². The lowest BCUT2D eigenvalue weighted by molar-refractivity contribution is 0.0323. The minimum atomic E-state index is -0.0950. The molecule has 0 saturated carbocycles. The quantitative estimate of drug-likeness (QED) is 0.0411. The van der Waals surface area contributed by atoms with E-state index in [2.05, 4.69) is 63.4 Å². The fraction of sp³-hybridized carbons (Fsp3) is 0.412. The average Bonchev–Trinajstić information content (AvgIpc) is 4.12. The normalized spacial score (nSPS) is 10.8. The number of amides is 1. The second kappa shape index (κ2) is 31.4. The zero-order valence-corrected chi connectivity index (χ0v) is 42.5. The highest BCUT2D eigenvalue weighted by Crippen LogP contribution is 2.34. The molecule has 0 aliphatic carbocycles. The number of carbonyl (C=O) groups is 2. The molecule has 0 fully saturated rings. The molecule has 20 nitrogen and oxygen atoms in total. The Morgan fingerprint density at radius 2 is 0.958 bits per heavy atom. The molecule has 0 atom stereocenters. The van der Waals surface area contributed by atoms with Gasteiger partial charge in [-0.15, -0.1) is 10.2 Å². The zero-order valence-electron chi connectivity index (χ0n) is 42.5. The summed E-state index contributed by atoms with van der Waals surface area (Å²) in [5.41, 5.74) is 11.1. The first-order valence-corrected chi connectivity index (χ1v) is 23.3. The van der Waals surface area contributed by atoms with Crippen molar-refractivity contribution in [2.75, 3.05) is 108 Å². The first-order chi connectivity index (χ1) is 34.6. The Hall–Kier alpha value is -6.78. The zero-order chi connectivity index (χ0) is 51.4. The van der Waals surface area contributed by atoms with Gasteiger partial charge in [-0.1, -0.05) is 38.1 Å². The highest BCUT2D eigenvalue weighted by Gasteiger charge is 2.15. The van der Waals surface area contributed by atoms with Crippen molar-refractivity contribution in [1.29, 1.82) is 0 Å². The van der Waals surface area contributed by atoms with Crippen LogP contribution in [0.2, 0.25) is 0 Å². The van der Waals surface area contributed by atoms with Crippen molar-refractivity contribution >= 4 is 11.7 Å². The van der Waals surface area contributed by atoms with Gasteiger partial charge in [0.25, 0.3) is 5.91 Å². The van der Waals surface area contributed by atoms with Crippen LogP contribution in [0.25, 0.3) is 33.9 Å². The molecule has 0 radical (unpaired) electrons. The van der Waals surface area contributed by atoms with Gasteiger partial charge in [0.2, 0.25) is 0 Å². The smallest absolute Gasteiger partial charge is 0.251 e. The molecular formula is C51H72N10O10. The van der Waals surface area contributed by atoms with Crippen molar-refractivity contribution in [2.24, 2.45) is 5.73 Å². The van der Waals surface area contributed by atoms with Crippen LogP contribution in [0, 0.1) is 0 Å². The maximum Gasteiger partial charge on any atom is 0.251 e. The second-order valence-electron chi connectivity index (χ2n) is 15.4. The molecule has 0 unspecified atom stereocenters. The van der Waals surface area contributed by atoms with E-state index >= 15 is 0 Å². The van der Waals surface area contributed by atoms with E-state index in [9.17, 15) is 9.59 Å². The summed E-state index contributed by atoms with van der Waals surface area (Å²) in [6.07, 6.45) is 3.61. The van der Waals surface area contributed by atoms with Gasteiger partial charge >= 0.3 is 0 Å². The fourth-order valence-corrected chi connectivity index (χ4v) is 6.64. The van der Waals surface area contributed by atoms with Crippen molar-refractivity contribution in [2.45, 2.75) is 34.6 Å². The number of rotatable bonds is 27. The van der Waals surface area contributed by atoms with E-state index in [0.717, 1.165) is 68.3 Å². The average molecular weight is 985 g/mol. The Morgan fingerprint density at radius 1 is 0.563 bits per heavy atom. The van der Waals surface area contributed by atoms with E-state index in [-0.39, 0.29) is 40.3 Å². The summed E-state index contributed by atoms with van der Waals surface area (Å²) >= 11 is 0. The molecule has 20 heteroatoms. The molecule has 0 aliphatic heterocycles. The van der Waals surface area contributed by atoms with Crippen LogP contribution in [0.5, 0.6) is 23.0 Å². The van der Waals surface area contributed by atoms with Gasteiger partial charge in [0.1, 0.15) is 11.4 Å². The number of nitrogens with two attached hydrogens (primary N) is 1. The molecule has 6 rings (SSSR count). The molecule has 1 amide bonds. The molecule has 0 saturated heterocycles. The minimum Gasteiger partial charge on any atom is -0.464 e. The van der Waals surface area contributed by atoms with Crippen LogP contribution in [0.3, 0.4) is 0 Å². The van der Waals surface area contributed by atoms with Gasteiger partial charge in [0.15, 0.2) is 56.0 Å². The monoisotopic (exact) mass is 985 g/mol. The van der Waals surface area contributed by atoms with Gasteiger partial charge in [-0.3, -0.25) is 9.59 Å². The molecule has 0 aliphatic rings. The Balaban J connectivity index is 0.000000331. The van der Waals surface area contributed by atoms with Crippen LogP contribution in [-0.2, 0) is 18.9 Å². The number of likely N-dealkylation sites (N-methyl/N-ethyl adjacent to an activating group) is 2. The Morgan fingerprint density at radius 3 is 1.32 bits per heavy atom. The van der Waals surface area contributed by atoms with Crippen LogP contribution >= 0.6 is 0 Å². The van der Waals surface area contributed by atoms with Crippen LogP contribution in [0.1, 0.15) is 56.8 Å². The number of ether oxygens (including phenoxy) is 8. The van der Waals surface area contributed by atoms with E-state index in [1.807, 2.05) is 48.7 Å². The SMILES string of the molecule is CCN(CC)CCN.CCN(CC)CCNC(=O)c1ccc(-n2cc(-c3ccc(OCOC)c(OCOC)c3)nn2)cc1.COCOc1ccc(-c2cn(-c3ccc(C(C)=O)cc3)nn2)cc1OCOC.[HH]. The summed E-state index contributed by atoms with van der Waals surface area (Å²) < 4.78 is 45.5. The van der Waals surface area contributed by atoms with Crippen molar-refractivity contribution in [3.05, 3.63) is 108 Å². The van der Waals surface area contributed by atoms with Crippen molar-refractivity contribution in [1.82, 2.24) is 45.1 Å². The third-order valence-corrected chi connectivity index (χ3v) is 10.7. The summed E-state index contributed by atoms with van der Waals surface area (Å²) in [5.74, 6) is 2.01. The molecule has 2 aromatic heterocycles. The molecular weight excluding hydrogens is 913 g/mol. The maximum absolute atomic E-state index is 12.4. The maximum atomic E-state index is 12.4. The number of hydrogen-bond acceptors (Lipinski definition) is 17. The van der Waals surface area contributed by atoms with Gasteiger partial charge in [0, 0.05) is 78.3 Å². The molecule has 0 bridgehead atoms. The first kappa shape index (κ1) is 56.8. The lowest BCUT2D eigenvalue weighted by atomic mass is 10.1. The van der Waals surface area contributed by atoms with E-state index < -0.39 is 0 Å². The van der Waals surface area contributed by atoms with Gasteiger partial charge in [-0.05, 0) is 118 Å². The fourth-order valence-electron chi connectivity index (χ4n) is 6.64. The molecule has 2 heterocycles. The third kappa shape index (κ3) is 18.2. The number of Topliss-reactive ketones (excluding diaryl/α,β-unsaturated/α-hetero) is 1. The highest BCUT2D eigenvalue weighted by molar-refractivity contribution is 5.94. The van der Waals surface area contributed by atoms with E-state index in [0.29, 0.717) is 52.1 Å². The number of ketones is 1. The molecule has 386 valence electrons. The second-order valence-corrected chi connectivity index (χ2v) is 15.4. The highest BCUT2D eigenvalue weighted by atomic mass is 16.7. The number of nitrogens with one attached hydrogen (secondary N) is 1. The summed E-state index contributed by atoms with van der Waals surface area (Å²) in [4.78, 5) is 28.4. The lowest BCUT2D eigenvalue weighted by Gasteiger charge is -2.17. The van der Waals surface area contributed by atoms with Crippen molar-refractivity contribution in [3.63, 3.8) is 0 Å². The molecule has 0 spiro atoms. The van der Waals surface area contributed by atoms with Crippen LogP contribution in [-0.4, -0.2) is 159 Å². The number of benzene rings is 4. The van der Waals surface area contributed by atoms with Gasteiger partial charge in [-0.25, -0.2) is 9.36 Å². The number of nitrogens with zero attached hydrogens (tertiary/aromatic N) is 8. The Labute approximate surface area is 418 Å². The van der Waals surface area contributed by atoms with Crippen molar-refractivity contribution in [3.8, 4) is 56.9 Å². The lowest BCUT2D eigenvalue weighted by Crippen LogP contribution is -2.34.